The van der Waals surface area contributed by atoms with Gasteiger partial charge >= 0.3 is 0 Å². The zero-order valence-electron chi connectivity index (χ0n) is 16.0. The van der Waals surface area contributed by atoms with Crippen molar-refractivity contribution in [2.75, 3.05) is 0 Å². The van der Waals surface area contributed by atoms with Crippen molar-refractivity contribution in [3.8, 4) is 5.82 Å². The van der Waals surface area contributed by atoms with Crippen LogP contribution in [0.1, 0.15) is 42.4 Å². The molecule has 1 amide bonds. The Hall–Kier alpha value is -3.42. The lowest BCUT2D eigenvalue weighted by molar-refractivity contribution is -0.385. The highest BCUT2D eigenvalue weighted by molar-refractivity contribution is 5.98. The van der Waals surface area contributed by atoms with Crippen molar-refractivity contribution in [2.45, 2.75) is 39.4 Å². The molecule has 0 saturated heterocycles. The van der Waals surface area contributed by atoms with Gasteiger partial charge in [0.15, 0.2) is 0 Å². The maximum absolute atomic E-state index is 13.0. The standard InChI is InChI=1S/C20H21N5O3/c1-20(2,3)24-18(22-10-6-7-11-22)15-12-23(13-16(15)21-24)19(26)14-8-4-5-9-17(14)25(27)28/h4-11H,12-13H2,1-3H3. The van der Waals surface area contributed by atoms with E-state index >= 15 is 0 Å². The van der Waals surface area contributed by atoms with Gasteiger partial charge in [-0.3, -0.25) is 14.9 Å². The summed E-state index contributed by atoms with van der Waals surface area (Å²) in [6.07, 6.45) is 3.90. The normalized spacial score (nSPS) is 13.6. The topological polar surface area (TPSA) is 86.2 Å². The SMILES string of the molecule is CC(C)(C)n1nc2c(c1-n1cccc1)CN(C(=O)c1ccccc1[N+](=O)[O-])C2. The van der Waals surface area contributed by atoms with Crippen molar-refractivity contribution in [1.82, 2.24) is 19.2 Å². The lowest BCUT2D eigenvalue weighted by Crippen LogP contribution is -2.30. The first-order chi connectivity index (χ1) is 13.3. The van der Waals surface area contributed by atoms with Crippen molar-refractivity contribution in [3.05, 3.63) is 75.7 Å². The minimum atomic E-state index is -0.520. The van der Waals surface area contributed by atoms with E-state index < -0.39 is 4.92 Å². The second kappa shape index (κ2) is 6.33. The van der Waals surface area contributed by atoms with Crippen LogP contribution in [0.3, 0.4) is 0 Å². The average molecular weight is 379 g/mol. The van der Waals surface area contributed by atoms with Gasteiger partial charge in [-0.05, 0) is 39.0 Å². The van der Waals surface area contributed by atoms with E-state index in [2.05, 4.69) is 20.8 Å². The molecule has 8 heteroatoms. The Kier molecular flexibility index (Phi) is 4.06. The average Bonchev–Trinajstić information content (AvgIpc) is 3.35. The van der Waals surface area contributed by atoms with E-state index in [0.29, 0.717) is 13.1 Å². The molecule has 1 aliphatic heterocycles. The Morgan fingerprint density at radius 3 is 2.43 bits per heavy atom. The van der Waals surface area contributed by atoms with Gasteiger partial charge in [0.1, 0.15) is 11.4 Å². The third-order valence-corrected chi connectivity index (χ3v) is 4.83. The summed E-state index contributed by atoms with van der Waals surface area (Å²) < 4.78 is 3.97. The second-order valence-electron chi connectivity index (χ2n) is 7.86. The van der Waals surface area contributed by atoms with Crippen molar-refractivity contribution in [2.24, 2.45) is 0 Å². The van der Waals surface area contributed by atoms with Crippen molar-refractivity contribution < 1.29 is 9.72 Å². The van der Waals surface area contributed by atoms with Crippen LogP contribution in [0.4, 0.5) is 5.69 Å². The van der Waals surface area contributed by atoms with Crippen LogP contribution < -0.4 is 0 Å². The van der Waals surface area contributed by atoms with Crippen LogP contribution in [-0.2, 0) is 18.6 Å². The van der Waals surface area contributed by atoms with Gasteiger partial charge in [-0.2, -0.15) is 5.10 Å². The van der Waals surface area contributed by atoms with Crippen molar-refractivity contribution in [3.63, 3.8) is 0 Å². The molecule has 1 aliphatic rings. The number of para-hydroxylation sites is 1. The number of hydrogen-bond donors (Lipinski definition) is 0. The molecule has 3 heterocycles. The highest BCUT2D eigenvalue weighted by atomic mass is 16.6. The van der Waals surface area contributed by atoms with E-state index in [1.54, 1.807) is 17.0 Å². The summed E-state index contributed by atoms with van der Waals surface area (Å²) >= 11 is 0. The van der Waals surface area contributed by atoms with Crippen LogP contribution in [0.25, 0.3) is 5.82 Å². The number of nitro groups is 1. The summed E-state index contributed by atoms with van der Waals surface area (Å²) in [7, 11) is 0. The summed E-state index contributed by atoms with van der Waals surface area (Å²) in [5.74, 6) is 0.566. The van der Waals surface area contributed by atoms with Crippen molar-refractivity contribution >= 4 is 11.6 Å². The molecule has 4 rings (SSSR count). The number of amides is 1. The molecule has 0 radical (unpaired) electrons. The predicted octanol–water partition coefficient (Wildman–Crippen LogP) is 3.49. The Bertz CT molecular complexity index is 1060. The number of nitrogens with zero attached hydrogens (tertiary/aromatic N) is 5. The molecule has 8 nitrogen and oxygen atoms in total. The van der Waals surface area contributed by atoms with Crippen LogP contribution in [0.5, 0.6) is 0 Å². The van der Waals surface area contributed by atoms with E-state index in [-0.39, 0.29) is 22.7 Å². The molecule has 28 heavy (non-hydrogen) atoms. The van der Waals surface area contributed by atoms with Gasteiger partial charge in [-0.15, -0.1) is 0 Å². The number of hydrogen-bond acceptors (Lipinski definition) is 4. The molecule has 0 saturated carbocycles. The molecule has 2 aromatic heterocycles. The maximum atomic E-state index is 13.0. The van der Waals surface area contributed by atoms with E-state index in [1.807, 2.05) is 33.8 Å². The van der Waals surface area contributed by atoms with Crippen molar-refractivity contribution in [1.29, 1.82) is 0 Å². The minimum absolute atomic E-state index is 0.101. The molecule has 144 valence electrons. The molecular formula is C20H21N5O3. The lowest BCUT2D eigenvalue weighted by Gasteiger charge is -2.24. The van der Waals surface area contributed by atoms with E-state index in [1.165, 1.54) is 12.1 Å². The molecule has 0 aliphatic carbocycles. The van der Waals surface area contributed by atoms with Crippen LogP contribution in [0, 0.1) is 10.1 Å². The van der Waals surface area contributed by atoms with E-state index in [9.17, 15) is 14.9 Å². The largest absolute Gasteiger partial charge is 0.328 e. The number of benzene rings is 1. The molecule has 0 atom stereocenters. The fourth-order valence-corrected chi connectivity index (χ4v) is 3.54. The quantitative estimate of drug-likeness (QED) is 0.515. The Morgan fingerprint density at radius 1 is 1.11 bits per heavy atom. The molecule has 0 bridgehead atoms. The fourth-order valence-electron chi connectivity index (χ4n) is 3.54. The minimum Gasteiger partial charge on any atom is -0.328 e. The van der Waals surface area contributed by atoms with Crippen LogP contribution >= 0.6 is 0 Å². The van der Waals surface area contributed by atoms with Gasteiger partial charge in [-0.1, -0.05) is 12.1 Å². The molecule has 1 aromatic carbocycles. The van der Waals surface area contributed by atoms with Gasteiger partial charge in [0.25, 0.3) is 11.6 Å². The summed E-state index contributed by atoms with van der Waals surface area (Å²) in [5.41, 5.74) is 1.49. The molecular weight excluding hydrogens is 358 g/mol. The number of rotatable bonds is 3. The summed E-state index contributed by atoms with van der Waals surface area (Å²) in [4.78, 5) is 25.4. The molecule has 0 spiro atoms. The van der Waals surface area contributed by atoms with Gasteiger partial charge in [-0.25, -0.2) is 4.68 Å². The van der Waals surface area contributed by atoms with Gasteiger partial charge in [0, 0.05) is 24.0 Å². The molecule has 3 aromatic rings. The summed E-state index contributed by atoms with van der Waals surface area (Å²) in [6, 6.07) is 9.94. The second-order valence-corrected chi connectivity index (χ2v) is 7.86. The summed E-state index contributed by atoms with van der Waals surface area (Å²) in [6.45, 7) is 6.94. The lowest BCUT2D eigenvalue weighted by atomic mass is 10.1. The van der Waals surface area contributed by atoms with Crippen LogP contribution in [-0.4, -0.2) is 30.1 Å². The number of carbonyl (C=O) groups is 1. The van der Waals surface area contributed by atoms with E-state index in [4.69, 9.17) is 5.10 Å². The molecule has 0 N–H and O–H groups in total. The highest BCUT2D eigenvalue weighted by Gasteiger charge is 2.35. The van der Waals surface area contributed by atoms with Gasteiger partial charge < -0.3 is 9.47 Å². The fraction of sp³-hybridized carbons (Fsp3) is 0.300. The molecule has 0 unspecified atom stereocenters. The number of carbonyl (C=O) groups excluding carboxylic acids is 1. The smallest absolute Gasteiger partial charge is 0.282 e. The number of aromatic nitrogens is 3. The predicted molar refractivity (Wildman–Crippen MR) is 103 cm³/mol. The highest BCUT2D eigenvalue weighted by Crippen LogP contribution is 2.33. The maximum Gasteiger partial charge on any atom is 0.282 e. The zero-order chi connectivity index (χ0) is 20.1. The van der Waals surface area contributed by atoms with E-state index in [0.717, 1.165) is 17.1 Å². The van der Waals surface area contributed by atoms with Gasteiger partial charge in [0.2, 0.25) is 0 Å². The first-order valence-corrected chi connectivity index (χ1v) is 9.04. The number of fused-ring (bicyclic) bond motifs is 1. The monoisotopic (exact) mass is 379 g/mol. The third-order valence-electron chi connectivity index (χ3n) is 4.83. The molecule has 0 fully saturated rings. The Morgan fingerprint density at radius 2 is 1.79 bits per heavy atom. The Labute approximate surface area is 162 Å². The van der Waals surface area contributed by atoms with Crippen LogP contribution in [0.15, 0.2) is 48.8 Å². The Balaban J connectivity index is 1.72. The van der Waals surface area contributed by atoms with Crippen LogP contribution in [0.2, 0.25) is 0 Å². The first-order valence-electron chi connectivity index (χ1n) is 9.04. The first kappa shape index (κ1) is 18.0. The summed E-state index contributed by atoms with van der Waals surface area (Å²) in [5, 5.41) is 16.1. The zero-order valence-corrected chi connectivity index (χ0v) is 16.0. The van der Waals surface area contributed by atoms with Gasteiger partial charge in [0.05, 0.1) is 29.2 Å². The third kappa shape index (κ3) is 2.87. The number of nitro benzene ring substituents is 1.